The predicted octanol–water partition coefficient (Wildman–Crippen LogP) is 3.51. The molecular weight excluding hydrogens is 396 g/mol. The molecule has 0 saturated carbocycles. The van der Waals surface area contributed by atoms with Gasteiger partial charge in [0.1, 0.15) is 4.75 Å². The lowest BCUT2D eigenvalue weighted by Gasteiger charge is -2.35. The number of halogens is 2. The van der Waals surface area contributed by atoms with Gasteiger partial charge < -0.3 is 0 Å². The van der Waals surface area contributed by atoms with Crippen molar-refractivity contribution < 1.29 is 8.42 Å². The minimum atomic E-state index is -3.54. The number of sulfonamides is 1. The van der Waals surface area contributed by atoms with Crippen molar-refractivity contribution in [2.75, 3.05) is 19.3 Å². The lowest BCUT2D eigenvalue weighted by atomic mass is 9.99. The molecule has 1 aromatic rings. The number of benzene rings is 1. The second-order valence-electron chi connectivity index (χ2n) is 4.79. The topological polar surface area (TPSA) is 61.2 Å². The molecule has 1 fully saturated rings. The van der Waals surface area contributed by atoms with Crippen LogP contribution in [0.4, 0.5) is 0 Å². The molecule has 4 nitrogen and oxygen atoms in total. The van der Waals surface area contributed by atoms with Gasteiger partial charge in [0.2, 0.25) is 10.0 Å². The van der Waals surface area contributed by atoms with Gasteiger partial charge in [-0.25, -0.2) is 8.42 Å². The molecule has 0 spiro atoms. The first-order chi connectivity index (χ1) is 9.84. The molecule has 0 aliphatic carbocycles. The zero-order valence-electron chi connectivity index (χ0n) is 11.3. The molecule has 1 aliphatic heterocycles. The van der Waals surface area contributed by atoms with Gasteiger partial charge in [0.25, 0.3) is 0 Å². The molecule has 0 bridgehead atoms. The van der Waals surface area contributed by atoms with Gasteiger partial charge in [-0.1, -0.05) is 11.6 Å². The van der Waals surface area contributed by atoms with E-state index in [1.807, 2.05) is 6.26 Å². The lowest BCUT2D eigenvalue weighted by molar-refractivity contribution is 0.327. The predicted molar refractivity (Wildman–Crippen MR) is 89.0 cm³/mol. The molecule has 0 radical (unpaired) electrons. The summed E-state index contributed by atoms with van der Waals surface area (Å²) in [6.07, 6.45) is 2.97. The van der Waals surface area contributed by atoms with Crippen LogP contribution in [0.2, 0.25) is 5.02 Å². The van der Waals surface area contributed by atoms with Crippen molar-refractivity contribution >= 4 is 49.3 Å². The molecule has 0 amide bonds. The summed E-state index contributed by atoms with van der Waals surface area (Å²) >= 11 is 10.6. The summed E-state index contributed by atoms with van der Waals surface area (Å²) in [7, 11) is -3.54. The van der Waals surface area contributed by atoms with Crippen LogP contribution in [0.3, 0.4) is 0 Å². The van der Waals surface area contributed by atoms with E-state index in [2.05, 4.69) is 22.0 Å². The monoisotopic (exact) mass is 408 g/mol. The molecule has 0 atom stereocenters. The largest absolute Gasteiger partial charge is 0.243 e. The van der Waals surface area contributed by atoms with Crippen molar-refractivity contribution in [3.05, 3.63) is 27.7 Å². The van der Waals surface area contributed by atoms with Crippen molar-refractivity contribution in [3.8, 4) is 6.07 Å². The summed E-state index contributed by atoms with van der Waals surface area (Å²) in [5, 5.41) is 9.73. The summed E-state index contributed by atoms with van der Waals surface area (Å²) in [4.78, 5) is 0.215. The Balaban J connectivity index is 2.23. The van der Waals surface area contributed by atoms with Gasteiger partial charge in [0.15, 0.2) is 0 Å². The average Bonchev–Trinajstić information content (AvgIpc) is 2.50. The maximum Gasteiger partial charge on any atom is 0.243 e. The van der Waals surface area contributed by atoms with Crippen LogP contribution < -0.4 is 0 Å². The van der Waals surface area contributed by atoms with E-state index in [0.29, 0.717) is 35.4 Å². The van der Waals surface area contributed by atoms with Crippen LogP contribution in [0.25, 0.3) is 0 Å². The van der Waals surface area contributed by atoms with E-state index in [4.69, 9.17) is 11.6 Å². The first-order valence-electron chi connectivity index (χ1n) is 6.26. The molecule has 8 heteroatoms. The molecule has 0 N–H and O–H groups in total. The molecule has 1 saturated heterocycles. The Labute approximate surface area is 142 Å². The third-order valence-corrected chi connectivity index (χ3v) is 8.04. The Morgan fingerprint density at radius 3 is 2.52 bits per heavy atom. The number of thioether (sulfide) groups is 1. The normalized spacial score (nSPS) is 19.1. The molecule has 114 valence electrons. The summed E-state index contributed by atoms with van der Waals surface area (Å²) in [5.74, 6) is 0. The lowest BCUT2D eigenvalue weighted by Crippen LogP contribution is -2.44. The second kappa shape index (κ2) is 6.47. The van der Waals surface area contributed by atoms with Gasteiger partial charge in [-0.15, -0.1) is 11.8 Å². The molecular formula is C13H14BrClN2O2S2. The second-order valence-corrected chi connectivity index (χ2v) is 9.18. The number of hydrogen-bond donors (Lipinski definition) is 0. The smallest absolute Gasteiger partial charge is 0.207 e. The highest BCUT2D eigenvalue weighted by molar-refractivity contribution is 9.10. The van der Waals surface area contributed by atoms with Crippen LogP contribution in [0.15, 0.2) is 27.6 Å². The van der Waals surface area contributed by atoms with E-state index in [1.165, 1.54) is 28.2 Å². The third-order valence-electron chi connectivity index (χ3n) is 3.65. The number of nitrogens with zero attached hydrogens (tertiary/aromatic N) is 2. The minimum absolute atomic E-state index is 0.215. The van der Waals surface area contributed by atoms with Crippen molar-refractivity contribution in [2.24, 2.45) is 0 Å². The van der Waals surface area contributed by atoms with Gasteiger partial charge in [0, 0.05) is 17.6 Å². The fourth-order valence-electron chi connectivity index (χ4n) is 2.24. The third kappa shape index (κ3) is 3.40. The molecule has 1 heterocycles. The Hall–Kier alpha value is -0.260. The highest BCUT2D eigenvalue weighted by Gasteiger charge is 2.38. The molecule has 1 aromatic carbocycles. The van der Waals surface area contributed by atoms with E-state index < -0.39 is 14.8 Å². The highest BCUT2D eigenvalue weighted by Crippen LogP contribution is 2.36. The Morgan fingerprint density at radius 1 is 1.43 bits per heavy atom. The number of hydrogen-bond acceptors (Lipinski definition) is 4. The summed E-state index contributed by atoms with van der Waals surface area (Å²) in [6.45, 7) is 0.716. The molecule has 21 heavy (non-hydrogen) atoms. The van der Waals surface area contributed by atoms with Crippen molar-refractivity contribution in [3.63, 3.8) is 0 Å². The number of nitriles is 1. The first-order valence-corrected chi connectivity index (χ1v) is 10.1. The van der Waals surface area contributed by atoms with Crippen LogP contribution in [-0.4, -0.2) is 36.8 Å². The minimum Gasteiger partial charge on any atom is -0.207 e. The quantitative estimate of drug-likeness (QED) is 0.766. The van der Waals surface area contributed by atoms with Gasteiger partial charge in [-0.3, -0.25) is 0 Å². The standard InChI is InChI=1S/C13H14BrClN2O2S2/c1-20-13(9-16)4-6-17(7-5-13)21(18,19)10-2-3-12(15)11(14)8-10/h2-3,8H,4-7H2,1H3. The van der Waals surface area contributed by atoms with E-state index in [1.54, 1.807) is 6.07 Å². The average molecular weight is 410 g/mol. The summed E-state index contributed by atoms with van der Waals surface area (Å²) in [6, 6.07) is 6.89. The summed E-state index contributed by atoms with van der Waals surface area (Å²) in [5.41, 5.74) is 0. The molecule has 0 aromatic heterocycles. The molecule has 0 unspecified atom stereocenters. The zero-order valence-corrected chi connectivity index (χ0v) is 15.3. The number of rotatable bonds is 3. The van der Waals surface area contributed by atoms with Crippen molar-refractivity contribution in [2.45, 2.75) is 22.5 Å². The van der Waals surface area contributed by atoms with Crippen LogP contribution in [0.1, 0.15) is 12.8 Å². The maximum absolute atomic E-state index is 12.6. The zero-order chi connectivity index (χ0) is 15.7. The van der Waals surface area contributed by atoms with E-state index in [-0.39, 0.29) is 4.90 Å². The van der Waals surface area contributed by atoms with Crippen LogP contribution in [-0.2, 0) is 10.0 Å². The molecule has 1 aliphatic rings. The Kier molecular flexibility index (Phi) is 5.27. The van der Waals surface area contributed by atoms with Crippen molar-refractivity contribution in [1.29, 1.82) is 5.26 Å². The van der Waals surface area contributed by atoms with Gasteiger partial charge >= 0.3 is 0 Å². The van der Waals surface area contributed by atoms with Crippen molar-refractivity contribution in [1.82, 2.24) is 4.31 Å². The van der Waals surface area contributed by atoms with Crippen LogP contribution in [0.5, 0.6) is 0 Å². The summed E-state index contributed by atoms with van der Waals surface area (Å²) < 4.78 is 26.7. The SMILES string of the molecule is CSC1(C#N)CCN(S(=O)(=O)c2ccc(Cl)c(Br)c2)CC1. The molecule has 2 rings (SSSR count). The Bertz CT molecular complexity index is 680. The van der Waals surface area contributed by atoms with Gasteiger partial charge in [-0.05, 0) is 53.2 Å². The Morgan fingerprint density at radius 2 is 2.05 bits per heavy atom. The van der Waals surface area contributed by atoms with E-state index >= 15 is 0 Å². The first kappa shape index (κ1) is 17.1. The fourth-order valence-corrected chi connectivity index (χ4v) is 5.03. The van der Waals surface area contributed by atoms with Gasteiger partial charge in [0.05, 0.1) is 16.0 Å². The van der Waals surface area contributed by atoms with E-state index in [9.17, 15) is 13.7 Å². The number of piperidine rings is 1. The van der Waals surface area contributed by atoms with Crippen LogP contribution in [0, 0.1) is 11.3 Å². The van der Waals surface area contributed by atoms with Gasteiger partial charge in [-0.2, -0.15) is 9.57 Å². The maximum atomic E-state index is 12.6. The van der Waals surface area contributed by atoms with Crippen LogP contribution >= 0.6 is 39.3 Å². The fraction of sp³-hybridized carbons (Fsp3) is 0.462. The highest BCUT2D eigenvalue weighted by atomic mass is 79.9. The van der Waals surface area contributed by atoms with E-state index in [0.717, 1.165) is 0 Å².